The van der Waals surface area contributed by atoms with Gasteiger partial charge in [0.05, 0.1) is 12.8 Å². The van der Waals surface area contributed by atoms with E-state index in [1.807, 2.05) is 0 Å². The van der Waals surface area contributed by atoms with Crippen molar-refractivity contribution >= 4 is 16.1 Å². The monoisotopic (exact) mass is 458 g/mol. The number of aromatic nitrogens is 3. The van der Waals surface area contributed by atoms with Crippen LogP contribution in [0.2, 0.25) is 0 Å². The number of carbonyl (C=O) groups excluding carboxylic acids is 1. The maximum absolute atomic E-state index is 13.4. The van der Waals surface area contributed by atoms with Crippen molar-refractivity contribution < 1.29 is 35.3 Å². The largest absolute Gasteiger partial charge is 0.476 e. The van der Waals surface area contributed by atoms with Gasteiger partial charge >= 0.3 is 22.3 Å². The molecule has 166 valence electrons. The van der Waals surface area contributed by atoms with Gasteiger partial charge in [-0.2, -0.15) is 36.6 Å². The number of carbonyl (C=O) groups is 1. The van der Waals surface area contributed by atoms with Gasteiger partial charge in [0.1, 0.15) is 16.5 Å². The van der Waals surface area contributed by atoms with Crippen LogP contribution in [-0.4, -0.2) is 35.8 Å². The molecule has 31 heavy (non-hydrogen) atoms. The van der Waals surface area contributed by atoms with Crippen molar-refractivity contribution in [2.45, 2.75) is 43.7 Å². The van der Waals surface area contributed by atoms with E-state index in [-0.39, 0.29) is 18.3 Å². The van der Waals surface area contributed by atoms with Crippen molar-refractivity contribution in [3.05, 3.63) is 29.6 Å². The predicted octanol–water partition coefficient (Wildman–Crippen LogP) is 2.98. The van der Waals surface area contributed by atoms with Crippen LogP contribution < -0.4 is 4.74 Å². The molecule has 1 fully saturated rings. The molecule has 0 N–H and O–H groups in total. The maximum atomic E-state index is 13.4. The number of alkyl halides is 3. The summed E-state index contributed by atoms with van der Waals surface area (Å²) < 4.78 is 74.5. The lowest BCUT2D eigenvalue weighted by molar-refractivity contribution is -0.141. The Kier molecular flexibility index (Phi) is 6.21. The summed E-state index contributed by atoms with van der Waals surface area (Å²) in [4.78, 5) is 14.2. The summed E-state index contributed by atoms with van der Waals surface area (Å²) in [5.74, 6) is -1.55. The van der Waals surface area contributed by atoms with E-state index < -0.39 is 44.3 Å². The number of nitriles is 1. The van der Waals surface area contributed by atoms with E-state index in [9.17, 15) is 31.6 Å². The minimum atomic E-state index is -4.92. The first-order chi connectivity index (χ1) is 14.5. The fourth-order valence-corrected chi connectivity index (χ4v) is 4.03. The smallest absolute Gasteiger partial charge is 0.436 e. The Hall–Kier alpha value is -3.14. The quantitative estimate of drug-likeness (QED) is 0.605. The van der Waals surface area contributed by atoms with E-state index in [1.165, 1.54) is 6.07 Å². The fourth-order valence-electron chi connectivity index (χ4n) is 3.21. The van der Waals surface area contributed by atoms with E-state index >= 15 is 0 Å². The maximum Gasteiger partial charge on any atom is 0.436 e. The highest BCUT2D eigenvalue weighted by Gasteiger charge is 2.41. The minimum Gasteiger partial charge on any atom is -0.476 e. The molecule has 9 nitrogen and oxygen atoms in total. The van der Waals surface area contributed by atoms with Gasteiger partial charge < -0.3 is 8.92 Å². The van der Waals surface area contributed by atoms with E-state index in [4.69, 9.17) is 4.74 Å². The van der Waals surface area contributed by atoms with Crippen LogP contribution in [0.4, 0.5) is 13.2 Å². The van der Waals surface area contributed by atoms with Gasteiger partial charge in [-0.15, -0.1) is 0 Å². The second-order valence-corrected chi connectivity index (χ2v) is 8.44. The van der Waals surface area contributed by atoms with Crippen LogP contribution in [0.3, 0.4) is 0 Å². The third-order valence-electron chi connectivity index (χ3n) is 4.61. The zero-order valence-corrected chi connectivity index (χ0v) is 17.0. The van der Waals surface area contributed by atoms with Crippen LogP contribution in [0.25, 0.3) is 5.82 Å². The fraction of sp³-hybridized carbons (Fsp3) is 0.444. The molecule has 0 amide bonds. The third-order valence-corrected chi connectivity index (χ3v) is 5.88. The summed E-state index contributed by atoms with van der Waals surface area (Å²) in [7, 11) is -4.43. The molecule has 2 aromatic heterocycles. The molecule has 13 heteroatoms. The van der Waals surface area contributed by atoms with Crippen molar-refractivity contribution in [3.63, 3.8) is 0 Å². The molecule has 0 radical (unpaired) electrons. The average Bonchev–Trinajstić information content (AvgIpc) is 3.32. The summed E-state index contributed by atoms with van der Waals surface area (Å²) in [5.41, 5.74) is -2.22. The number of rotatable bonds is 6. The Labute approximate surface area is 175 Å². The van der Waals surface area contributed by atoms with Gasteiger partial charge in [-0.3, -0.25) is 4.79 Å². The Bertz CT molecular complexity index is 1110. The number of pyridine rings is 1. The highest BCUT2D eigenvalue weighted by Crippen LogP contribution is 2.37. The number of hydrogen-bond acceptors (Lipinski definition) is 8. The lowest BCUT2D eigenvalue weighted by atomic mass is 10.1. The standard InChI is InChI=1S/C18H17F3N4O5S/c1-11(26)30-31(27,28)13-6-7-15(23-9-13)25-17(29-10-12-4-2-3-5-12)14(8-22)16(24-25)18(19,20)21/h6-7,9,12H,2-5,10H2,1H3. The topological polar surface area (TPSA) is 124 Å². The number of nitrogens with zero attached hydrogens (tertiary/aromatic N) is 4. The zero-order valence-electron chi connectivity index (χ0n) is 16.2. The van der Waals surface area contributed by atoms with Crippen molar-refractivity contribution in [2.24, 2.45) is 5.92 Å². The van der Waals surface area contributed by atoms with E-state index in [0.717, 1.165) is 50.9 Å². The third kappa shape index (κ3) is 4.96. The van der Waals surface area contributed by atoms with Crippen LogP contribution in [0.5, 0.6) is 5.88 Å². The molecule has 0 spiro atoms. The summed E-state index contributed by atoms with van der Waals surface area (Å²) in [6.45, 7) is 1.01. The summed E-state index contributed by atoms with van der Waals surface area (Å²) in [6.07, 6.45) is -0.403. The molecule has 0 aromatic carbocycles. The second kappa shape index (κ2) is 8.54. The van der Waals surface area contributed by atoms with Gasteiger partial charge in [-0.05, 0) is 30.9 Å². The molecule has 1 saturated carbocycles. The number of halogens is 3. The molecule has 2 aromatic rings. The molecule has 3 rings (SSSR count). The zero-order chi connectivity index (χ0) is 22.8. The van der Waals surface area contributed by atoms with Gasteiger partial charge in [-0.25, -0.2) is 4.98 Å². The van der Waals surface area contributed by atoms with Gasteiger partial charge in [0, 0.05) is 6.92 Å². The first-order valence-corrected chi connectivity index (χ1v) is 10.6. The van der Waals surface area contributed by atoms with Gasteiger partial charge in [0.15, 0.2) is 11.5 Å². The van der Waals surface area contributed by atoms with Crippen LogP contribution in [0.15, 0.2) is 23.2 Å². The van der Waals surface area contributed by atoms with Crippen LogP contribution in [0, 0.1) is 17.2 Å². The van der Waals surface area contributed by atoms with E-state index in [0.29, 0.717) is 4.68 Å². The molecule has 0 aliphatic heterocycles. The van der Waals surface area contributed by atoms with E-state index in [1.54, 1.807) is 0 Å². The van der Waals surface area contributed by atoms with Crippen molar-refractivity contribution in [2.75, 3.05) is 6.61 Å². The number of hydrogen-bond donors (Lipinski definition) is 0. The molecule has 1 aliphatic rings. The molecule has 0 unspecified atom stereocenters. The first-order valence-electron chi connectivity index (χ1n) is 9.17. The molecular formula is C18H17F3N4O5S. The summed E-state index contributed by atoms with van der Waals surface area (Å²) >= 11 is 0. The predicted molar refractivity (Wildman–Crippen MR) is 97.5 cm³/mol. The van der Waals surface area contributed by atoms with Gasteiger partial charge in [0.25, 0.3) is 0 Å². The summed E-state index contributed by atoms with van der Waals surface area (Å²) in [6, 6.07) is 3.54. The molecule has 1 aliphatic carbocycles. The molecule has 0 saturated heterocycles. The number of ether oxygens (including phenoxy) is 1. The highest BCUT2D eigenvalue weighted by molar-refractivity contribution is 7.87. The Morgan fingerprint density at radius 3 is 2.52 bits per heavy atom. The van der Waals surface area contributed by atoms with Crippen LogP contribution >= 0.6 is 0 Å². The SMILES string of the molecule is CC(=O)OS(=O)(=O)c1ccc(-n2nc(C(F)(F)F)c(C#N)c2OCC2CCCC2)nc1. The minimum absolute atomic E-state index is 0.108. The summed E-state index contributed by atoms with van der Waals surface area (Å²) in [5, 5.41) is 12.8. The van der Waals surface area contributed by atoms with Crippen molar-refractivity contribution in [3.8, 4) is 17.8 Å². The molecule has 0 atom stereocenters. The second-order valence-electron chi connectivity index (χ2n) is 6.89. The van der Waals surface area contributed by atoms with Crippen LogP contribution in [0.1, 0.15) is 43.9 Å². The Morgan fingerprint density at radius 2 is 2.00 bits per heavy atom. The average molecular weight is 458 g/mol. The highest BCUT2D eigenvalue weighted by atomic mass is 32.2. The normalized spacial score (nSPS) is 14.9. The van der Waals surface area contributed by atoms with Gasteiger partial charge in [-0.1, -0.05) is 12.8 Å². The van der Waals surface area contributed by atoms with Gasteiger partial charge in [0.2, 0.25) is 5.88 Å². The molecule has 0 bridgehead atoms. The van der Waals surface area contributed by atoms with Crippen LogP contribution in [-0.2, 0) is 25.3 Å². The van der Waals surface area contributed by atoms with E-state index in [2.05, 4.69) is 14.3 Å². The Balaban J connectivity index is 2.01. The Morgan fingerprint density at radius 1 is 1.32 bits per heavy atom. The lowest BCUT2D eigenvalue weighted by Crippen LogP contribution is -2.13. The van der Waals surface area contributed by atoms with Crippen molar-refractivity contribution in [1.82, 2.24) is 14.8 Å². The lowest BCUT2D eigenvalue weighted by Gasteiger charge is -2.13. The molecule has 2 heterocycles. The first kappa shape index (κ1) is 22.5. The molecular weight excluding hydrogens is 441 g/mol. The van der Waals surface area contributed by atoms with Crippen molar-refractivity contribution in [1.29, 1.82) is 5.26 Å².